The molecule has 0 aliphatic carbocycles. The lowest BCUT2D eigenvalue weighted by Crippen LogP contribution is -2.51. The smallest absolute Gasteiger partial charge is 0.388 e. The largest absolute Gasteiger partial charge is 0.453 e. The highest BCUT2D eigenvalue weighted by atomic mass is 79.9. The molecule has 24 heavy (non-hydrogen) atoms. The van der Waals surface area contributed by atoms with Crippen LogP contribution in [0, 0.1) is 0 Å². The second-order valence-corrected chi connectivity index (χ2v) is 7.37. The van der Waals surface area contributed by atoms with Gasteiger partial charge in [0.15, 0.2) is 0 Å². The van der Waals surface area contributed by atoms with E-state index < -0.39 is 18.7 Å². The number of benzene rings is 1. The number of anilines is 1. The minimum atomic E-state index is -3.37. The maximum atomic E-state index is 14.8. The van der Waals surface area contributed by atoms with Gasteiger partial charge in [0.1, 0.15) is 17.6 Å². The molecule has 0 bridgehead atoms. The van der Waals surface area contributed by atoms with Gasteiger partial charge >= 0.3 is 6.17 Å². The molecule has 4 rings (SSSR count). The van der Waals surface area contributed by atoms with Crippen molar-refractivity contribution in [2.75, 3.05) is 11.6 Å². The van der Waals surface area contributed by atoms with Crippen molar-refractivity contribution in [3.63, 3.8) is 0 Å². The van der Waals surface area contributed by atoms with E-state index in [-0.39, 0.29) is 26.6 Å². The van der Waals surface area contributed by atoms with Crippen LogP contribution in [0.3, 0.4) is 0 Å². The first kappa shape index (κ1) is 16.4. The SMILES string of the molecule is CSc1ccc2c3c1O[C@@H](F)c1c(Br)c(Cl)cn1C3NC(F)(F)N2. The molecule has 0 amide bonds. The molecule has 128 valence electrons. The second kappa shape index (κ2) is 5.48. The molecule has 1 unspecified atom stereocenters. The third-order valence-electron chi connectivity index (χ3n) is 3.94. The van der Waals surface area contributed by atoms with Crippen LogP contribution in [0.2, 0.25) is 5.02 Å². The molecule has 10 heteroatoms. The van der Waals surface area contributed by atoms with Crippen molar-refractivity contribution in [1.82, 2.24) is 9.88 Å². The van der Waals surface area contributed by atoms with E-state index in [1.165, 1.54) is 28.6 Å². The van der Waals surface area contributed by atoms with Gasteiger partial charge in [0.2, 0.25) is 0 Å². The fourth-order valence-corrected chi connectivity index (χ4v) is 4.21. The van der Waals surface area contributed by atoms with Gasteiger partial charge in [-0.25, -0.2) is 5.32 Å². The molecule has 2 atom stereocenters. The molecule has 1 aromatic carbocycles. The molecule has 0 saturated heterocycles. The van der Waals surface area contributed by atoms with Gasteiger partial charge in [-0.2, -0.15) is 13.2 Å². The average Bonchev–Trinajstić information content (AvgIpc) is 2.74. The molecule has 2 aromatic rings. The van der Waals surface area contributed by atoms with Gasteiger partial charge in [-0.1, -0.05) is 11.6 Å². The molecule has 0 spiro atoms. The summed E-state index contributed by atoms with van der Waals surface area (Å²) in [4.78, 5) is 0.656. The fourth-order valence-electron chi connectivity index (χ4n) is 2.97. The van der Waals surface area contributed by atoms with Crippen molar-refractivity contribution in [2.24, 2.45) is 0 Å². The first-order valence-corrected chi connectivity index (χ1v) is 9.23. The highest BCUT2D eigenvalue weighted by Crippen LogP contribution is 2.50. The Morgan fingerprint density at radius 3 is 2.88 bits per heavy atom. The van der Waals surface area contributed by atoms with E-state index in [0.29, 0.717) is 10.5 Å². The Morgan fingerprint density at radius 1 is 1.42 bits per heavy atom. The number of alkyl halides is 3. The van der Waals surface area contributed by atoms with Crippen molar-refractivity contribution in [3.05, 3.63) is 39.1 Å². The predicted molar refractivity (Wildman–Crippen MR) is 89.7 cm³/mol. The summed E-state index contributed by atoms with van der Waals surface area (Å²) in [5, 5.41) is 4.50. The highest BCUT2D eigenvalue weighted by molar-refractivity contribution is 9.10. The Bertz CT molecular complexity index is 847. The van der Waals surface area contributed by atoms with E-state index in [1.54, 1.807) is 12.3 Å². The number of rotatable bonds is 1. The van der Waals surface area contributed by atoms with Crippen molar-refractivity contribution < 1.29 is 17.9 Å². The van der Waals surface area contributed by atoms with E-state index in [9.17, 15) is 13.2 Å². The summed E-state index contributed by atoms with van der Waals surface area (Å²) in [6.45, 7) is 0. The van der Waals surface area contributed by atoms with Crippen molar-refractivity contribution in [1.29, 1.82) is 0 Å². The number of nitrogens with one attached hydrogen (secondary N) is 2. The number of nitrogens with zero attached hydrogens (tertiary/aromatic N) is 1. The summed E-state index contributed by atoms with van der Waals surface area (Å²) in [6.07, 6.45) is -3.05. The maximum absolute atomic E-state index is 14.8. The van der Waals surface area contributed by atoms with Crippen LogP contribution in [-0.2, 0) is 0 Å². The number of thioether (sulfide) groups is 1. The summed E-state index contributed by atoms with van der Waals surface area (Å²) in [7, 11) is 0. The van der Waals surface area contributed by atoms with Gasteiger partial charge in [0, 0.05) is 11.1 Å². The van der Waals surface area contributed by atoms with E-state index in [2.05, 4.69) is 26.6 Å². The van der Waals surface area contributed by atoms with Gasteiger partial charge in [-0.3, -0.25) is 0 Å². The van der Waals surface area contributed by atoms with Gasteiger partial charge in [0.25, 0.3) is 6.36 Å². The van der Waals surface area contributed by atoms with Crippen LogP contribution in [0.4, 0.5) is 18.9 Å². The van der Waals surface area contributed by atoms with Gasteiger partial charge in [0.05, 0.1) is 20.7 Å². The lowest BCUT2D eigenvalue weighted by atomic mass is 10.1. The monoisotopic (exact) mass is 439 g/mol. The third-order valence-corrected chi connectivity index (χ3v) is 6.05. The highest BCUT2D eigenvalue weighted by Gasteiger charge is 2.45. The Balaban J connectivity index is 2.04. The third kappa shape index (κ3) is 2.33. The van der Waals surface area contributed by atoms with Crippen molar-refractivity contribution in [2.45, 2.75) is 23.6 Å². The minimum Gasteiger partial charge on any atom is -0.453 e. The quantitative estimate of drug-likeness (QED) is 0.478. The second-order valence-electron chi connectivity index (χ2n) is 5.32. The number of aromatic nitrogens is 1. The lowest BCUT2D eigenvalue weighted by molar-refractivity contribution is -0.0257. The zero-order valence-corrected chi connectivity index (χ0v) is 15.2. The fraction of sp³-hybridized carbons (Fsp3) is 0.286. The predicted octanol–water partition coefficient (Wildman–Crippen LogP) is 5.10. The Hall–Kier alpha value is -1.03. The van der Waals surface area contributed by atoms with E-state index >= 15 is 0 Å². The molecule has 1 aromatic heterocycles. The molecule has 4 nitrogen and oxygen atoms in total. The summed E-state index contributed by atoms with van der Waals surface area (Å²) < 4.78 is 50.0. The molecule has 0 radical (unpaired) electrons. The van der Waals surface area contributed by atoms with Crippen molar-refractivity contribution >= 4 is 45.0 Å². The summed E-state index contributed by atoms with van der Waals surface area (Å²) >= 11 is 10.6. The van der Waals surface area contributed by atoms with Crippen LogP contribution in [0.5, 0.6) is 5.75 Å². The first-order valence-electron chi connectivity index (χ1n) is 6.83. The number of hydrogen-bond acceptors (Lipinski definition) is 4. The van der Waals surface area contributed by atoms with Crippen LogP contribution in [0.1, 0.15) is 23.8 Å². The van der Waals surface area contributed by atoms with Crippen LogP contribution in [0.25, 0.3) is 0 Å². The van der Waals surface area contributed by atoms with Crippen molar-refractivity contribution in [3.8, 4) is 5.75 Å². The molecular weight excluding hydrogens is 431 g/mol. The number of fused-ring (bicyclic) bond motifs is 2. The number of ether oxygens (including phenoxy) is 1. The van der Waals surface area contributed by atoms with Crippen LogP contribution >= 0.6 is 39.3 Å². The lowest BCUT2D eigenvalue weighted by Gasteiger charge is -2.35. The van der Waals surface area contributed by atoms with E-state index in [0.717, 1.165) is 0 Å². The zero-order chi connectivity index (χ0) is 17.2. The Morgan fingerprint density at radius 2 is 2.17 bits per heavy atom. The first-order chi connectivity index (χ1) is 11.3. The number of hydrogen-bond donors (Lipinski definition) is 2. The van der Waals surface area contributed by atoms with Gasteiger partial charge in [-0.15, -0.1) is 11.8 Å². The molecule has 2 N–H and O–H groups in total. The molecular formula is C14H10BrClF3N3OS. The van der Waals surface area contributed by atoms with Gasteiger partial charge < -0.3 is 14.6 Å². The molecule has 0 fully saturated rings. The van der Waals surface area contributed by atoms with Crippen LogP contribution in [0.15, 0.2) is 27.7 Å². The zero-order valence-electron chi connectivity index (χ0n) is 12.0. The molecule has 2 aliphatic rings. The topological polar surface area (TPSA) is 38.2 Å². The maximum Gasteiger partial charge on any atom is 0.388 e. The average molecular weight is 441 g/mol. The van der Waals surface area contributed by atoms with Crippen LogP contribution in [-0.4, -0.2) is 17.0 Å². The standard InChI is InChI=1S/C14H10BrClF3N3OS/c1-24-7-3-2-6-8-11(7)23-12(17)10-9(15)5(16)4-22(10)13(8)21-14(18,19)20-6/h2-4,12-13,20-21H,1H3/t12-,13?/m1/s1. The molecule has 2 aliphatic heterocycles. The van der Waals surface area contributed by atoms with Gasteiger partial charge in [-0.05, 0) is 34.3 Å². The normalized spacial score (nSPS) is 23.6. The number of halogens is 5. The Labute approximate surface area is 152 Å². The van der Waals surface area contributed by atoms with E-state index in [1.807, 2.05) is 0 Å². The van der Waals surface area contributed by atoms with Crippen LogP contribution < -0.4 is 15.4 Å². The Kier molecular flexibility index (Phi) is 3.76. The summed E-state index contributed by atoms with van der Waals surface area (Å²) in [5.74, 6) is 0.236. The molecule has 3 heterocycles. The molecule has 0 saturated carbocycles. The minimum absolute atomic E-state index is 0.0457. The van der Waals surface area contributed by atoms with E-state index in [4.69, 9.17) is 16.3 Å². The summed E-state index contributed by atoms with van der Waals surface area (Å²) in [5.41, 5.74) is 0.635. The summed E-state index contributed by atoms with van der Waals surface area (Å²) in [6, 6.07) is 3.16.